The molecule has 0 aromatic carbocycles. The molecule has 1 amide bonds. The largest absolute Gasteiger partial charge is 0.457 e. The number of anilines is 1. The van der Waals surface area contributed by atoms with Gasteiger partial charge in [0.15, 0.2) is 17.7 Å². The van der Waals surface area contributed by atoms with Gasteiger partial charge in [0.25, 0.3) is 0 Å². The summed E-state index contributed by atoms with van der Waals surface area (Å²) in [6.45, 7) is 2.70. The zero-order valence-corrected chi connectivity index (χ0v) is 24.8. The van der Waals surface area contributed by atoms with E-state index >= 15 is 0 Å². The van der Waals surface area contributed by atoms with E-state index in [0.29, 0.717) is 37.0 Å². The molecule has 4 N–H and O–H groups in total. The first-order valence-corrected chi connectivity index (χ1v) is 15.7. The number of esters is 1. The number of ether oxygens (including phenoxy) is 2. The highest BCUT2D eigenvalue weighted by Gasteiger charge is 2.39. The number of carbonyl (C=O) groups is 2. The fourth-order valence-corrected chi connectivity index (χ4v) is 5.31. The second-order valence-corrected chi connectivity index (χ2v) is 11.1. The van der Waals surface area contributed by atoms with Crippen molar-refractivity contribution >= 4 is 28.9 Å². The Kier molecular flexibility index (Phi) is 14.8. The summed E-state index contributed by atoms with van der Waals surface area (Å²) < 4.78 is 13.3. The first-order chi connectivity index (χ1) is 20.0. The minimum Gasteiger partial charge on any atom is -0.457 e. The van der Waals surface area contributed by atoms with Crippen molar-refractivity contribution in [3.63, 3.8) is 0 Å². The number of nitrogens with zero attached hydrogens (tertiary/aromatic N) is 4. The molecule has 0 aliphatic carbocycles. The van der Waals surface area contributed by atoms with Crippen LogP contribution in [0, 0.1) is 0 Å². The average Bonchev–Trinajstić information content (AvgIpc) is 3.58. The highest BCUT2D eigenvalue weighted by atomic mass is 16.6. The maximum atomic E-state index is 12.6. The summed E-state index contributed by atoms with van der Waals surface area (Å²) >= 11 is 0. The van der Waals surface area contributed by atoms with Gasteiger partial charge in [-0.25, -0.2) is 15.0 Å². The van der Waals surface area contributed by atoms with Crippen LogP contribution in [0.1, 0.15) is 122 Å². The highest BCUT2D eigenvalue weighted by molar-refractivity contribution is 5.81. The topological polar surface area (TPSA) is 154 Å². The number of fused-ring (bicyclic) bond motifs is 1. The third-order valence-corrected chi connectivity index (χ3v) is 7.68. The maximum Gasteiger partial charge on any atom is 0.306 e. The van der Waals surface area contributed by atoms with Crippen molar-refractivity contribution in [2.45, 2.75) is 135 Å². The number of amides is 1. The lowest BCUT2D eigenvalue weighted by Gasteiger charge is -2.20. The fraction of sp³-hybridized carbons (Fsp3) is 0.767. The second-order valence-electron chi connectivity index (χ2n) is 11.1. The van der Waals surface area contributed by atoms with Crippen LogP contribution >= 0.6 is 0 Å². The Morgan fingerprint density at radius 3 is 2.34 bits per heavy atom. The summed E-state index contributed by atoms with van der Waals surface area (Å²) in [7, 11) is 0. The van der Waals surface area contributed by atoms with E-state index in [1.165, 1.54) is 70.4 Å². The molecule has 3 atom stereocenters. The Balaban J connectivity index is 1.23. The number of nitrogen functional groups attached to an aromatic ring is 1. The molecule has 1 aliphatic heterocycles. The van der Waals surface area contributed by atoms with Gasteiger partial charge in [-0.3, -0.25) is 14.2 Å². The third kappa shape index (κ3) is 11.2. The third-order valence-electron chi connectivity index (χ3n) is 7.68. The number of hydrogen-bond donors (Lipinski definition) is 3. The number of imidazole rings is 1. The molecule has 41 heavy (non-hydrogen) atoms. The van der Waals surface area contributed by atoms with Crippen molar-refractivity contribution in [1.29, 1.82) is 0 Å². The molecule has 2 aromatic heterocycles. The molecule has 2 aromatic rings. The fourth-order valence-electron chi connectivity index (χ4n) is 5.31. The minimum absolute atomic E-state index is 0.116. The molecular formula is C30H50N6O5. The van der Waals surface area contributed by atoms with Crippen LogP contribution in [0.3, 0.4) is 0 Å². The minimum atomic E-state index is -0.661. The Morgan fingerprint density at radius 1 is 0.976 bits per heavy atom. The van der Waals surface area contributed by atoms with Crippen LogP contribution < -0.4 is 11.1 Å². The summed E-state index contributed by atoms with van der Waals surface area (Å²) in [4.78, 5) is 37.1. The summed E-state index contributed by atoms with van der Waals surface area (Å²) in [5.74, 6) is 0.0515. The molecule has 11 nitrogen and oxygen atoms in total. The van der Waals surface area contributed by atoms with Gasteiger partial charge in [0, 0.05) is 25.8 Å². The number of nitrogens with one attached hydrogen (secondary N) is 1. The summed E-state index contributed by atoms with van der Waals surface area (Å²) in [6, 6.07) is 0. The first-order valence-electron chi connectivity index (χ1n) is 15.7. The molecule has 1 fully saturated rings. The van der Waals surface area contributed by atoms with Crippen molar-refractivity contribution < 1.29 is 24.2 Å². The van der Waals surface area contributed by atoms with Crippen molar-refractivity contribution in [1.82, 2.24) is 24.8 Å². The predicted molar refractivity (Wildman–Crippen MR) is 158 cm³/mol. The molecule has 1 saturated heterocycles. The highest BCUT2D eigenvalue weighted by Crippen LogP contribution is 2.33. The van der Waals surface area contributed by atoms with Gasteiger partial charge in [0.2, 0.25) is 5.91 Å². The number of nitrogens with two attached hydrogens (primary N) is 1. The second kappa shape index (κ2) is 18.6. The van der Waals surface area contributed by atoms with E-state index in [-0.39, 0.29) is 30.7 Å². The first kappa shape index (κ1) is 32.7. The maximum absolute atomic E-state index is 12.6. The van der Waals surface area contributed by atoms with Crippen LogP contribution in [-0.4, -0.2) is 61.9 Å². The monoisotopic (exact) mass is 574 g/mol. The molecule has 1 aliphatic rings. The van der Waals surface area contributed by atoms with Crippen LogP contribution in [0.5, 0.6) is 0 Å². The van der Waals surface area contributed by atoms with Gasteiger partial charge in [0.05, 0.1) is 19.0 Å². The molecule has 3 heterocycles. The van der Waals surface area contributed by atoms with Crippen LogP contribution in [0.4, 0.5) is 5.82 Å². The molecule has 0 spiro atoms. The van der Waals surface area contributed by atoms with Gasteiger partial charge in [0.1, 0.15) is 17.9 Å². The van der Waals surface area contributed by atoms with E-state index < -0.39 is 18.4 Å². The van der Waals surface area contributed by atoms with Gasteiger partial charge in [-0.15, -0.1) is 0 Å². The molecular weight excluding hydrogens is 524 g/mol. The van der Waals surface area contributed by atoms with Gasteiger partial charge in [-0.2, -0.15) is 0 Å². The Morgan fingerprint density at radius 2 is 1.63 bits per heavy atom. The van der Waals surface area contributed by atoms with Crippen molar-refractivity contribution in [3.8, 4) is 0 Å². The van der Waals surface area contributed by atoms with E-state index in [1.54, 1.807) is 4.57 Å². The molecule has 0 radical (unpaired) electrons. The smallest absolute Gasteiger partial charge is 0.306 e. The molecule has 0 unspecified atom stereocenters. The molecule has 3 rings (SSSR count). The number of hydrogen-bond acceptors (Lipinski definition) is 9. The summed E-state index contributed by atoms with van der Waals surface area (Å²) in [5, 5.41) is 12.6. The van der Waals surface area contributed by atoms with E-state index in [9.17, 15) is 14.7 Å². The summed E-state index contributed by atoms with van der Waals surface area (Å²) in [6.07, 6.45) is 18.7. The van der Waals surface area contributed by atoms with Gasteiger partial charge < -0.3 is 25.6 Å². The number of aromatic nitrogens is 4. The van der Waals surface area contributed by atoms with Crippen LogP contribution in [0.15, 0.2) is 12.7 Å². The molecule has 11 heteroatoms. The number of aliphatic hydroxyl groups excluding tert-OH is 1. The van der Waals surface area contributed by atoms with Crippen LogP contribution in [0.2, 0.25) is 0 Å². The quantitative estimate of drug-likeness (QED) is 0.138. The number of unbranched alkanes of at least 4 members (excludes halogenated alkanes) is 12. The lowest BCUT2D eigenvalue weighted by atomic mass is 10.1. The molecule has 0 bridgehead atoms. The molecule has 0 saturated carbocycles. The lowest BCUT2D eigenvalue weighted by Crippen LogP contribution is -2.25. The SMILES string of the molecule is CCCCCCCCCCCCCC(=O)NCCCCCC(=O)O[C@@H]1C[C@@H](CO)O[C@H]1n1cnc2c(N)ncnc21. The van der Waals surface area contributed by atoms with Crippen molar-refractivity contribution in [2.24, 2.45) is 0 Å². The number of aliphatic hydroxyl groups is 1. The average molecular weight is 575 g/mol. The van der Waals surface area contributed by atoms with E-state index in [2.05, 4.69) is 27.2 Å². The van der Waals surface area contributed by atoms with E-state index in [4.69, 9.17) is 15.2 Å². The van der Waals surface area contributed by atoms with Crippen molar-refractivity contribution in [3.05, 3.63) is 12.7 Å². The lowest BCUT2D eigenvalue weighted by molar-refractivity contribution is -0.155. The zero-order valence-electron chi connectivity index (χ0n) is 24.8. The molecule has 230 valence electrons. The Hall–Kier alpha value is -2.79. The Bertz CT molecular complexity index is 1050. The van der Waals surface area contributed by atoms with Gasteiger partial charge >= 0.3 is 5.97 Å². The van der Waals surface area contributed by atoms with Gasteiger partial charge in [-0.05, 0) is 19.3 Å². The van der Waals surface area contributed by atoms with Crippen LogP contribution in [-0.2, 0) is 19.1 Å². The van der Waals surface area contributed by atoms with E-state index in [0.717, 1.165) is 25.7 Å². The predicted octanol–water partition coefficient (Wildman–Crippen LogP) is 4.98. The van der Waals surface area contributed by atoms with Gasteiger partial charge in [-0.1, -0.05) is 77.6 Å². The van der Waals surface area contributed by atoms with Crippen LogP contribution in [0.25, 0.3) is 11.2 Å². The zero-order chi connectivity index (χ0) is 29.3. The van der Waals surface area contributed by atoms with Crippen molar-refractivity contribution in [2.75, 3.05) is 18.9 Å². The normalized spacial score (nSPS) is 18.6. The number of carbonyl (C=O) groups excluding carboxylic acids is 2. The van der Waals surface area contributed by atoms with E-state index in [1.807, 2.05) is 0 Å². The number of rotatable bonds is 21. The Labute approximate surface area is 244 Å². The standard InChI is InChI=1S/C30H50N6O5/c1-2-3-4-5-6-7-8-9-10-11-13-16-25(38)32-18-15-12-14-17-26(39)41-24-19-23(20-37)40-30(24)36-22-35-27-28(31)33-21-34-29(27)36/h21-24,30,37H,2-20H2,1H3,(H,32,38)(H2,31,33,34)/t23-,24+,30+/m0/s1. The summed E-state index contributed by atoms with van der Waals surface area (Å²) in [5.41, 5.74) is 6.81.